The van der Waals surface area contributed by atoms with Crippen molar-refractivity contribution in [2.24, 2.45) is 5.73 Å². The molecule has 1 amide bonds. The molecule has 100 valence electrons. The highest BCUT2D eigenvalue weighted by molar-refractivity contribution is 7.10. The fourth-order valence-corrected chi connectivity index (χ4v) is 2.33. The number of thiophene rings is 1. The third kappa shape index (κ3) is 4.40. The van der Waals surface area contributed by atoms with Crippen molar-refractivity contribution in [2.75, 3.05) is 13.1 Å². The van der Waals surface area contributed by atoms with Gasteiger partial charge in [-0.2, -0.15) is 5.26 Å². The van der Waals surface area contributed by atoms with Crippen LogP contribution in [0.4, 0.5) is 0 Å². The number of nitrogens with two attached hydrogens (primary N) is 1. The molecule has 1 heterocycles. The highest BCUT2D eigenvalue weighted by Crippen LogP contribution is 2.17. The van der Waals surface area contributed by atoms with Gasteiger partial charge in [-0.05, 0) is 19.9 Å². The Hall–Kier alpha value is -1.82. The first-order valence-electron chi connectivity index (χ1n) is 6.05. The van der Waals surface area contributed by atoms with E-state index in [9.17, 15) is 4.79 Å². The summed E-state index contributed by atoms with van der Waals surface area (Å²) in [4.78, 5) is 14.9. The van der Waals surface area contributed by atoms with Crippen LogP contribution in [0, 0.1) is 23.2 Å². The largest absolute Gasteiger partial charge is 0.335 e. The van der Waals surface area contributed by atoms with E-state index in [0.717, 1.165) is 4.88 Å². The maximum Gasteiger partial charge on any atom is 0.255 e. The lowest BCUT2D eigenvalue weighted by Gasteiger charge is -2.25. The van der Waals surface area contributed by atoms with E-state index in [1.165, 1.54) is 11.3 Å². The Balaban J connectivity index is 2.85. The molecule has 2 N–H and O–H groups in total. The Bertz CT molecular complexity index is 531. The van der Waals surface area contributed by atoms with Gasteiger partial charge in [-0.1, -0.05) is 11.8 Å². The normalized spacial score (nSPS) is 9.63. The van der Waals surface area contributed by atoms with Crippen LogP contribution in [0.15, 0.2) is 11.4 Å². The number of nitriles is 1. The summed E-state index contributed by atoms with van der Waals surface area (Å²) in [7, 11) is 0. The zero-order valence-electron chi connectivity index (χ0n) is 11.1. The predicted octanol–water partition coefficient (Wildman–Crippen LogP) is 1.82. The van der Waals surface area contributed by atoms with Crippen LogP contribution in [0.25, 0.3) is 0 Å². The minimum atomic E-state index is -0.0534. The molecule has 1 aromatic heterocycles. The first-order valence-corrected chi connectivity index (χ1v) is 6.93. The van der Waals surface area contributed by atoms with Gasteiger partial charge in [-0.25, -0.2) is 0 Å². The van der Waals surface area contributed by atoms with Crippen LogP contribution in [0.3, 0.4) is 0 Å². The van der Waals surface area contributed by atoms with Gasteiger partial charge in [-0.3, -0.25) is 4.79 Å². The van der Waals surface area contributed by atoms with E-state index >= 15 is 0 Å². The number of amides is 1. The molecule has 1 aromatic rings. The average molecular weight is 275 g/mol. The summed E-state index contributed by atoms with van der Waals surface area (Å²) in [5.41, 5.74) is 5.93. The van der Waals surface area contributed by atoms with Crippen molar-refractivity contribution < 1.29 is 4.79 Å². The Morgan fingerprint density at radius 2 is 2.32 bits per heavy atom. The molecule has 4 nitrogen and oxygen atoms in total. The highest BCUT2D eigenvalue weighted by Gasteiger charge is 2.19. The molecule has 0 aliphatic heterocycles. The predicted molar refractivity (Wildman–Crippen MR) is 76.7 cm³/mol. The second-order valence-corrected chi connectivity index (χ2v) is 5.12. The summed E-state index contributed by atoms with van der Waals surface area (Å²) >= 11 is 1.43. The highest BCUT2D eigenvalue weighted by atomic mass is 32.1. The van der Waals surface area contributed by atoms with Crippen LogP contribution < -0.4 is 5.73 Å². The second kappa shape index (κ2) is 7.58. The van der Waals surface area contributed by atoms with Crippen molar-refractivity contribution in [3.05, 3.63) is 21.9 Å². The number of hydrogen-bond acceptors (Lipinski definition) is 4. The Kier molecular flexibility index (Phi) is 6.08. The van der Waals surface area contributed by atoms with E-state index in [1.807, 2.05) is 13.8 Å². The first kappa shape index (κ1) is 15.2. The quantitative estimate of drug-likeness (QED) is 0.852. The van der Waals surface area contributed by atoms with Gasteiger partial charge in [-0.15, -0.1) is 11.3 Å². The maximum absolute atomic E-state index is 12.3. The van der Waals surface area contributed by atoms with Gasteiger partial charge in [0.1, 0.15) is 0 Å². The fourth-order valence-electron chi connectivity index (χ4n) is 1.58. The molecule has 1 rings (SSSR count). The van der Waals surface area contributed by atoms with Crippen LogP contribution >= 0.6 is 11.3 Å². The summed E-state index contributed by atoms with van der Waals surface area (Å²) in [6.07, 6.45) is 0.341. The molecule has 0 fully saturated rings. The number of nitrogens with zero attached hydrogens (tertiary/aromatic N) is 2. The van der Waals surface area contributed by atoms with Gasteiger partial charge in [0.25, 0.3) is 5.91 Å². The maximum atomic E-state index is 12.3. The van der Waals surface area contributed by atoms with Crippen molar-refractivity contribution in [3.63, 3.8) is 0 Å². The zero-order chi connectivity index (χ0) is 14.3. The van der Waals surface area contributed by atoms with E-state index in [4.69, 9.17) is 11.0 Å². The average Bonchev–Trinajstić information content (AvgIpc) is 2.85. The zero-order valence-corrected chi connectivity index (χ0v) is 12.0. The smallest absolute Gasteiger partial charge is 0.255 e. The van der Waals surface area contributed by atoms with E-state index in [-0.39, 0.29) is 11.9 Å². The van der Waals surface area contributed by atoms with Gasteiger partial charge < -0.3 is 10.6 Å². The minimum Gasteiger partial charge on any atom is -0.335 e. The van der Waals surface area contributed by atoms with Crippen molar-refractivity contribution in [2.45, 2.75) is 26.3 Å². The minimum absolute atomic E-state index is 0.0534. The van der Waals surface area contributed by atoms with Crippen LogP contribution in [-0.4, -0.2) is 29.9 Å². The van der Waals surface area contributed by atoms with Gasteiger partial charge in [0.2, 0.25) is 0 Å². The fraction of sp³-hybridized carbons (Fsp3) is 0.429. The van der Waals surface area contributed by atoms with Crippen molar-refractivity contribution in [1.82, 2.24) is 4.90 Å². The summed E-state index contributed by atoms with van der Waals surface area (Å²) in [6.45, 7) is 4.64. The van der Waals surface area contributed by atoms with Crippen LogP contribution in [0.2, 0.25) is 0 Å². The van der Waals surface area contributed by atoms with Crippen LogP contribution in [0.5, 0.6) is 0 Å². The molecule has 0 radical (unpaired) electrons. The van der Waals surface area contributed by atoms with E-state index in [2.05, 4.69) is 17.9 Å². The lowest BCUT2D eigenvalue weighted by molar-refractivity contribution is 0.0711. The molecule has 0 saturated carbocycles. The van der Waals surface area contributed by atoms with Crippen molar-refractivity contribution in [1.29, 1.82) is 5.26 Å². The summed E-state index contributed by atoms with van der Waals surface area (Å²) < 4.78 is 0. The molecule has 0 saturated heterocycles. The molecule has 5 heteroatoms. The summed E-state index contributed by atoms with van der Waals surface area (Å²) in [6, 6.07) is 3.91. The third-order valence-electron chi connectivity index (χ3n) is 2.51. The lowest BCUT2D eigenvalue weighted by atomic mass is 10.2. The number of rotatable bonds is 4. The van der Waals surface area contributed by atoms with Crippen molar-refractivity contribution >= 4 is 17.2 Å². The molecular weight excluding hydrogens is 258 g/mol. The topological polar surface area (TPSA) is 70.1 Å². The number of carbonyl (C=O) groups is 1. The Morgan fingerprint density at radius 1 is 1.58 bits per heavy atom. The molecule has 0 bridgehead atoms. The standard InChI is InChI=1S/C14H17N3OS/c1-11(2)17(8-4-7-16)14(18)12-9-13(19-10-12)5-3-6-15/h9-11H,4,6,8,15H2,1-2H3. The Labute approximate surface area is 117 Å². The molecule has 0 spiro atoms. The molecule has 0 unspecified atom stereocenters. The van der Waals surface area contributed by atoms with Crippen LogP contribution in [0.1, 0.15) is 35.5 Å². The van der Waals surface area contributed by atoms with E-state index in [1.54, 1.807) is 16.3 Å². The SMILES string of the molecule is CC(C)N(CCC#N)C(=O)c1csc(C#CCN)c1. The second-order valence-electron chi connectivity index (χ2n) is 4.21. The molecule has 0 aliphatic rings. The molecule has 0 aliphatic carbocycles. The summed E-state index contributed by atoms with van der Waals surface area (Å²) in [5.74, 6) is 5.62. The molecule has 19 heavy (non-hydrogen) atoms. The van der Waals surface area contributed by atoms with Gasteiger partial charge in [0.05, 0.1) is 29.5 Å². The third-order valence-corrected chi connectivity index (χ3v) is 3.35. The van der Waals surface area contributed by atoms with Gasteiger partial charge in [0, 0.05) is 18.0 Å². The van der Waals surface area contributed by atoms with E-state index in [0.29, 0.717) is 25.1 Å². The van der Waals surface area contributed by atoms with E-state index < -0.39 is 0 Å². The van der Waals surface area contributed by atoms with Gasteiger partial charge >= 0.3 is 0 Å². The molecule has 0 aromatic carbocycles. The molecular formula is C14H17N3OS. The lowest BCUT2D eigenvalue weighted by Crippen LogP contribution is -2.37. The van der Waals surface area contributed by atoms with Gasteiger partial charge in [0.15, 0.2) is 0 Å². The number of hydrogen-bond donors (Lipinski definition) is 1. The summed E-state index contributed by atoms with van der Waals surface area (Å²) in [5, 5.41) is 10.4. The van der Waals surface area contributed by atoms with Crippen molar-refractivity contribution in [3.8, 4) is 17.9 Å². The molecule has 0 atom stereocenters. The van der Waals surface area contributed by atoms with Crippen LogP contribution in [-0.2, 0) is 0 Å². The Morgan fingerprint density at radius 3 is 2.89 bits per heavy atom. The number of carbonyl (C=O) groups excluding carboxylic acids is 1. The monoisotopic (exact) mass is 275 g/mol. The first-order chi connectivity index (χ1) is 9.10.